The van der Waals surface area contributed by atoms with Crippen LogP contribution in [0.5, 0.6) is 5.75 Å². The molecule has 1 aliphatic carbocycles. The van der Waals surface area contributed by atoms with Crippen LogP contribution >= 0.6 is 15.9 Å². The van der Waals surface area contributed by atoms with Crippen molar-refractivity contribution in [1.29, 1.82) is 0 Å². The van der Waals surface area contributed by atoms with Gasteiger partial charge in [0.2, 0.25) is 0 Å². The molecule has 1 N–H and O–H groups in total. The Hall–Kier alpha value is -0.580. The molecule has 0 saturated heterocycles. The predicted molar refractivity (Wildman–Crippen MR) is 76.0 cm³/mol. The first kappa shape index (κ1) is 13.8. The first-order valence-electron chi connectivity index (χ1n) is 6.33. The van der Waals surface area contributed by atoms with Crippen molar-refractivity contribution in [3.63, 3.8) is 0 Å². The van der Waals surface area contributed by atoms with Crippen molar-refractivity contribution in [3.8, 4) is 5.75 Å². The Labute approximate surface area is 117 Å². The van der Waals surface area contributed by atoms with Gasteiger partial charge < -0.3 is 14.8 Å². The monoisotopic (exact) mass is 313 g/mol. The number of nitrogens with one attached hydrogen (secondary N) is 1. The molecule has 100 valence electrons. The summed E-state index contributed by atoms with van der Waals surface area (Å²) in [7, 11) is 3.48. The van der Waals surface area contributed by atoms with Gasteiger partial charge in [-0.25, -0.2) is 0 Å². The molecule has 2 unspecified atom stereocenters. The molecule has 1 saturated carbocycles. The van der Waals surface area contributed by atoms with Gasteiger partial charge >= 0.3 is 0 Å². The Balaban J connectivity index is 1.93. The third-order valence-corrected chi connectivity index (χ3v) is 4.31. The van der Waals surface area contributed by atoms with Crippen molar-refractivity contribution in [1.82, 2.24) is 5.32 Å². The van der Waals surface area contributed by atoms with Crippen molar-refractivity contribution in [2.45, 2.75) is 38.0 Å². The predicted octanol–water partition coefficient (Wildman–Crippen LogP) is 3.11. The fourth-order valence-corrected chi connectivity index (χ4v) is 2.98. The van der Waals surface area contributed by atoms with E-state index in [4.69, 9.17) is 9.47 Å². The zero-order valence-corrected chi connectivity index (χ0v) is 12.5. The lowest BCUT2D eigenvalue weighted by Crippen LogP contribution is -2.36. The summed E-state index contributed by atoms with van der Waals surface area (Å²) in [6.07, 6.45) is 3.98. The first-order chi connectivity index (χ1) is 8.74. The largest absolute Gasteiger partial charge is 0.497 e. The fraction of sp³-hybridized carbons (Fsp3) is 0.571. The van der Waals surface area contributed by atoms with Crippen LogP contribution < -0.4 is 10.1 Å². The van der Waals surface area contributed by atoms with E-state index in [1.54, 1.807) is 14.2 Å². The van der Waals surface area contributed by atoms with Gasteiger partial charge in [-0.1, -0.05) is 22.0 Å². The van der Waals surface area contributed by atoms with Crippen LogP contribution in [0.1, 0.15) is 24.8 Å². The zero-order valence-electron chi connectivity index (χ0n) is 10.9. The molecule has 3 nitrogen and oxygen atoms in total. The molecule has 1 aromatic carbocycles. The average Bonchev–Trinajstić information content (AvgIpc) is 2.84. The molecule has 0 aromatic heterocycles. The summed E-state index contributed by atoms with van der Waals surface area (Å²) >= 11 is 3.58. The average molecular weight is 314 g/mol. The minimum absolute atomic E-state index is 0.363. The van der Waals surface area contributed by atoms with E-state index in [1.165, 1.54) is 18.4 Å². The molecule has 0 amide bonds. The maximum Gasteiger partial charge on any atom is 0.120 e. The number of benzene rings is 1. The molecule has 0 bridgehead atoms. The van der Waals surface area contributed by atoms with Crippen LogP contribution in [0.3, 0.4) is 0 Å². The van der Waals surface area contributed by atoms with E-state index in [0.717, 1.165) is 23.2 Å². The molecule has 1 fully saturated rings. The molecule has 2 rings (SSSR count). The van der Waals surface area contributed by atoms with E-state index in [9.17, 15) is 0 Å². The summed E-state index contributed by atoms with van der Waals surface area (Å²) in [6.45, 7) is 0.856. The molecule has 0 heterocycles. The molecular weight excluding hydrogens is 294 g/mol. The quantitative estimate of drug-likeness (QED) is 0.906. The molecular formula is C14H20BrNO2. The van der Waals surface area contributed by atoms with Gasteiger partial charge in [0.1, 0.15) is 5.75 Å². The maximum absolute atomic E-state index is 5.48. The van der Waals surface area contributed by atoms with Crippen LogP contribution in [0.2, 0.25) is 0 Å². The topological polar surface area (TPSA) is 30.5 Å². The number of rotatable bonds is 5. The second-order valence-electron chi connectivity index (χ2n) is 4.65. The van der Waals surface area contributed by atoms with E-state index < -0.39 is 0 Å². The normalized spacial score (nSPS) is 23.3. The number of hydrogen-bond donors (Lipinski definition) is 1. The standard InChI is InChI=1S/C14H20BrNO2/c1-17-11-7-6-10(12(15)8-11)9-16-13-4-3-5-14(13)18-2/h6-8,13-14,16H,3-5,9H2,1-2H3. The third-order valence-electron chi connectivity index (χ3n) is 3.57. The van der Waals surface area contributed by atoms with E-state index in [1.807, 2.05) is 12.1 Å². The van der Waals surface area contributed by atoms with Gasteiger partial charge in [-0.05, 0) is 37.0 Å². The Morgan fingerprint density at radius 1 is 1.33 bits per heavy atom. The Bertz CT molecular complexity index is 397. The summed E-state index contributed by atoms with van der Waals surface area (Å²) in [5.41, 5.74) is 1.25. The highest BCUT2D eigenvalue weighted by Crippen LogP contribution is 2.25. The SMILES string of the molecule is COc1ccc(CNC2CCCC2OC)c(Br)c1. The summed E-state index contributed by atoms with van der Waals surface area (Å²) in [5.74, 6) is 0.876. The minimum atomic E-state index is 0.363. The summed E-state index contributed by atoms with van der Waals surface area (Å²) in [6, 6.07) is 6.56. The number of ether oxygens (including phenoxy) is 2. The number of halogens is 1. The van der Waals surface area contributed by atoms with Gasteiger partial charge in [-0.15, -0.1) is 0 Å². The zero-order chi connectivity index (χ0) is 13.0. The second kappa shape index (κ2) is 6.55. The van der Waals surface area contributed by atoms with Gasteiger partial charge in [0.25, 0.3) is 0 Å². The Kier molecular flexibility index (Phi) is 5.03. The lowest BCUT2D eigenvalue weighted by Gasteiger charge is -2.20. The number of hydrogen-bond acceptors (Lipinski definition) is 3. The summed E-state index contributed by atoms with van der Waals surface area (Å²) < 4.78 is 11.8. The van der Waals surface area contributed by atoms with Gasteiger partial charge in [-0.3, -0.25) is 0 Å². The number of methoxy groups -OCH3 is 2. The highest BCUT2D eigenvalue weighted by atomic mass is 79.9. The van der Waals surface area contributed by atoms with E-state index in [2.05, 4.69) is 27.3 Å². The third kappa shape index (κ3) is 3.25. The highest BCUT2D eigenvalue weighted by Gasteiger charge is 2.26. The summed E-state index contributed by atoms with van der Waals surface area (Å²) in [5, 5.41) is 3.58. The fourth-order valence-electron chi connectivity index (χ4n) is 2.48. The van der Waals surface area contributed by atoms with Gasteiger partial charge in [0.05, 0.1) is 13.2 Å². The van der Waals surface area contributed by atoms with Crippen molar-refractivity contribution in [2.24, 2.45) is 0 Å². The molecule has 18 heavy (non-hydrogen) atoms. The highest BCUT2D eigenvalue weighted by molar-refractivity contribution is 9.10. The molecule has 1 aromatic rings. The lowest BCUT2D eigenvalue weighted by molar-refractivity contribution is 0.0847. The molecule has 0 spiro atoms. The minimum Gasteiger partial charge on any atom is -0.497 e. The molecule has 0 aliphatic heterocycles. The summed E-state index contributed by atoms with van der Waals surface area (Å²) in [4.78, 5) is 0. The maximum atomic E-state index is 5.48. The van der Waals surface area contributed by atoms with E-state index >= 15 is 0 Å². The van der Waals surface area contributed by atoms with E-state index in [0.29, 0.717) is 12.1 Å². The van der Waals surface area contributed by atoms with Gasteiger partial charge in [-0.2, -0.15) is 0 Å². The second-order valence-corrected chi connectivity index (χ2v) is 5.50. The molecule has 0 radical (unpaired) electrons. The first-order valence-corrected chi connectivity index (χ1v) is 7.12. The smallest absolute Gasteiger partial charge is 0.120 e. The molecule has 1 aliphatic rings. The van der Waals surface area contributed by atoms with E-state index in [-0.39, 0.29) is 0 Å². The van der Waals surface area contributed by atoms with Crippen molar-refractivity contribution < 1.29 is 9.47 Å². The Morgan fingerprint density at radius 2 is 2.17 bits per heavy atom. The molecule has 2 atom stereocenters. The van der Waals surface area contributed by atoms with Gasteiger partial charge in [0, 0.05) is 24.2 Å². The van der Waals surface area contributed by atoms with Crippen LogP contribution in [0, 0.1) is 0 Å². The van der Waals surface area contributed by atoms with Crippen molar-refractivity contribution in [3.05, 3.63) is 28.2 Å². The van der Waals surface area contributed by atoms with Gasteiger partial charge in [0.15, 0.2) is 0 Å². The Morgan fingerprint density at radius 3 is 2.83 bits per heavy atom. The van der Waals surface area contributed by atoms with Crippen LogP contribution in [-0.2, 0) is 11.3 Å². The lowest BCUT2D eigenvalue weighted by atomic mass is 10.1. The van der Waals surface area contributed by atoms with Crippen LogP contribution in [0.25, 0.3) is 0 Å². The van der Waals surface area contributed by atoms with Crippen LogP contribution in [0.15, 0.2) is 22.7 Å². The van der Waals surface area contributed by atoms with Crippen molar-refractivity contribution in [2.75, 3.05) is 14.2 Å². The van der Waals surface area contributed by atoms with Crippen LogP contribution in [0.4, 0.5) is 0 Å². The molecule has 4 heteroatoms. The van der Waals surface area contributed by atoms with Crippen molar-refractivity contribution >= 4 is 15.9 Å². The van der Waals surface area contributed by atoms with Crippen LogP contribution in [-0.4, -0.2) is 26.4 Å².